The third-order valence-electron chi connectivity index (χ3n) is 2.93. The van der Waals surface area contributed by atoms with Crippen LogP contribution in [-0.4, -0.2) is 15.8 Å². The molecule has 3 heteroatoms. The maximum Gasteiger partial charge on any atom is 0.319 e. The van der Waals surface area contributed by atoms with Crippen LogP contribution in [0.25, 0.3) is 0 Å². The van der Waals surface area contributed by atoms with Crippen LogP contribution in [0.15, 0.2) is 24.3 Å². The van der Waals surface area contributed by atoms with E-state index in [1.165, 1.54) is 22.9 Å². The normalized spacial score (nSPS) is 12.5. The van der Waals surface area contributed by atoms with Crippen LogP contribution < -0.4 is 0 Å². The molecule has 1 N–H and O–H groups in total. The molecule has 0 spiro atoms. The molecule has 0 atom stereocenters. The van der Waals surface area contributed by atoms with Crippen LogP contribution in [0.5, 0.6) is 0 Å². The number of carboxylic acid groups (broad SMARTS) is 1. The summed E-state index contributed by atoms with van der Waals surface area (Å²) in [6.45, 7) is 10.0. The predicted octanol–water partition coefficient (Wildman–Crippen LogP) is 4.08. The summed E-state index contributed by atoms with van der Waals surface area (Å²) in [5, 5.41) is 9.05. The average molecular weight is 266 g/mol. The Hall–Kier alpha value is -0.960. The Kier molecular flexibility index (Phi) is 4.49. The molecule has 100 valence electrons. The number of benzene rings is 1. The van der Waals surface area contributed by atoms with Gasteiger partial charge in [-0.05, 0) is 30.4 Å². The molecule has 0 bridgehead atoms. The van der Waals surface area contributed by atoms with Gasteiger partial charge in [-0.15, -0.1) is 11.8 Å². The van der Waals surface area contributed by atoms with E-state index in [-0.39, 0.29) is 5.41 Å². The summed E-state index contributed by atoms with van der Waals surface area (Å²) in [4.78, 5) is 11.0. The predicted molar refractivity (Wildman–Crippen MR) is 78.2 cm³/mol. The molecule has 1 aromatic carbocycles. The Morgan fingerprint density at radius 2 is 1.61 bits per heavy atom. The van der Waals surface area contributed by atoms with Gasteiger partial charge in [0.15, 0.2) is 0 Å². The molecule has 0 saturated heterocycles. The monoisotopic (exact) mass is 266 g/mol. The average Bonchev–Trinajstić information content (AvgIpc) is 2.25. The summed E-state index contributed by atoms with van der Waals surface area (Å²) in [6.07, 6.45) is 0. The molecule has 0 saturated carbocycles. The first-order chi connectivity index (χ1) is 8.13. The van der Waals surface area contributed by atoms with E-state index < -0.39 is 10.7 Å². The number of hydrogen-bond acceptors (Lipinski definition) is 2. The molecule has 2 nitrogen and oxygen atoms in total. The highest BCUT2D eigenvalue weighted by Crippen LogP contribution is 2.29. The van der Waals surface area contributed by atoms with E-state index in [0.717, 1.165) is 5.75 Å². The summed E-state index contributed by atoms with van der Waals surface area (Å²) in [5.74, 6) is -0.0391. The van der Waals surface area contributed by atoms with Crippen molar-refractivity contribution in [2.24, 2.45) is 0 Å². The Bertz CT molecular complexity index is 413. The van der Waals surface area contributed by atoms with E-state index in [9.17, 15) is 4.79 Å². The van der Waals surface area contributed by atoms with Gasteiger partial charge in [0.1, 0.15) is 4.75 Å². The number of hydrogen-bond donors (Lipinski definition) is 1. The Morgan fingerprint density at radius 3 is 2.00 bits per heavy atom. The van der Waals surface area contributed by atoms with Gasteiger partial charge in [0, 0.05) is 5.75 Å². The highest BCUT2D eigenvalue weighted by molar-refractivity contribution is 8.00. The zero-order chi connectivity index (χ0) is 14.0. The topological polar surface area (TPSA) is 37.3 Å². The first-order valence-corrected chi connectivity index (χ1v) is 7.08. The molecule has 0 aliphatic heterocycles. The van der Waals surface area contributed by atoms with Crippen LogP contribution >= 0.6 is 11.8 Å². The number of rotatable bonds is 4. The third-order valence-corrected chi connectivity index (χ3v) is 4.31. The zero-order valence-corrected chi connectivity index (χ0v) is 12.6. The second kappa shape index (κ2) is 5.35. The van der Waals surface area contributed by atoms with Crippen molar-refractivity contribution in [1.29, 1.82) is 0 Å². The van der Waals surface area contributed by atoms with Crippen molar-refractivity contribution in [2.75, 3.05) is 0 Å². The highest BCUT2D eigenvalue weighted by atomic mass is 32.2. The molecule has 1 aromatic rings. The fraction of sp³-hybridized carbons (Fsp3) is 0.533. The number of aliphatic carboxylic acids is 1. The van der Waals surface area contributed by atoms with Gasteiger partial charge in [-0.3, -0.25) is 4.79 Å². The van der Waals surface area contributed by atoms with Gasteiger partial charge in [-0.25, -0.2) is 0 Å². The van der Waals surface area contributed by atoms with E-state index in [0.29, 0.717) is 0 Å². The van der Waals surface area contributed by atoms with E-state index in [2.05, 4.69) is 45.0 Å². The van der Waals surface area contributed by atoms with Crippen molar-refractivity contribution < 1.29 is 9.90 Å². The molecule has 0 amide bonds. The van der Waals surface area contributed by atoms with Crippen LogP contribution in [0, 0.1) is 0 Å². The Balaban J connectivity index is 2.68. The molecule has 0 fully saturated rings. The lowest BCUT2D eigenvalue weighted by molar-refractivity contribution is -0.138. The van der Waals surface area contributed by atoms with Gasteiger partial charge in [-0.2, -0.15) is 0 Å². The first-order valence-electron chi connectivity index (χ1n) is 6.10. The number of thioether (sulfide) groups is 1. The first kappa shape index (κ1) is 15.1. The van der Waals surface area contributed by atoms with Gasteiger partial charge >= 0.3 is 5.97 Å². The lowest BCUT2D eigenvalue weighted by Gasteiger charge is -2.20. The summed E-state index contributed by atoms with van der Waals surface area (Å²) < 4.78 is -0.733. The van der Waals surface area contributed by atoms with E-state index in [4.69, 9.17) is 5.11 Å². The Morgan fingerprint density at radius 1 is 1.11 bits per heavy atom. The fourth-order valence-corrected chi connectivity index (χ4v) is 2.27. The summed E-state index contributed by atoms with van der Waals surface area (Å²) in [5.41, 5.74) is 2.63. The molecule has 0 aliphatic rings. The molecule has 0 aliphatic carbocycles. The third kappa shape index (κ3) is 4.05. The van der Waals surface area contributed by atoms with Crippen molar-refractivity contribution in [3.8, 4) is 0 Å². The molecular weight excluding hydrogens is 244 g/mol. The van der Waals surface area contributed by atoms with E-state index in [1.807, 2.05) is 0 Å². The highest BCUT2D eigenvalue weighted by Gasteiger charge is 2.27. The second-order valence-electron chi connectivity index (χ2n) is 6.05. The van der Waals surface area contributed by atoms with Gasteiger partial charge in [0.25, 0.3) is 0 Å². The fourth-order valence-electron chi connectivity index (χ4n) is 1.43. The minimum absolute atomic E-state index is 0.159. The van der Waals surface area contributed by atoms with E-state index in [1.54, 1.807) is 13.8 Å². The molecule has 0 radical (unpaired) electrons. The molecule has 0 heterocycles. The van der Waals surface area contributed by atoms with Crippen molar-refractivity contribution in [2.45, 2.75) is 50.5 Å². The lowest BCUT2D eigenvalue weighted by atomic mass is 9.87. The maximum atomic E-state index is 11.0. The van der Waals surface area contributed by atoms with Crippen LogP contribution in [0.1, 0.15) is 45.7 Å². The molecule has 1 rings (SSSR count). The van der Waals surface area contributed by atoms with Crippen molar-refractivity contribution in [3.05, 3.63) is 35.4 Å². The Labute approximate surface area is 114 Å². The molecule has 0 aromatic heterocycles. The standard InChI is InChI=1S/C15H22O2S/c1-14(2,3)12-8-6-11(7-9-12)10-18-15(4,5)13(16)17/h6-9H,10H2,1-5H3,(H,16,17). The maximum absolute atomic E-state index is 11.0. The quantitative estimate of drug-likeness (QED) is 0.892. The second-order valence-corrected chi connectivity index (χ2v) is 7.65. The SMILES string of the molecule is CC(C)(SCc1ccc(C(C)(C)C)cc1)C(=O)O. The summed E-state index contributed by atoms with van der Waals surface area (Å²) in [6, 6.07) is 8.43. The largest absolute Gasteiger partial charge is 0.480 e. The van der Waals surface area contributed by atoms with Crippen LogP contribution in [0.2, 0.25) is 0 Å². The minimum Gasteiger partial charge on any atom is -0.480 e. The van der Waals surface area contributed by atoms with Gasteiger partial charge < -0.3 is 5.11 Å². The van der Waals surface area contributed by atoms with Gasteiger partial charge in [-0.1, -0.05) is 45.0 Å². The van der Waals surface area contributed by atoms with E-state index >= 15 is 0 Å². The van der Waals surface area contributed by atoms with Crippen molar-refractivity contribution in [3.63, 3.8) is 0 Å². The van der Waals surface area contributed by atoms with Crippen LogP contribution in [-0.2, 0) is 16.0 Å². The molecular formula is C15H22O2S. The summed E-state index contributed by atoms with van der Waals surface area (Å²) >= 11 is 1.45. The van der Waals surface area contributed by atoms with Crippen LogP contribution in [0.4, 0.5) is 0 Å². The molecule has 18 heavy (non-hydrogen) atoms. The lowest BCUT2D eigenvalue weighted by Crippen LogP contribution is -2.27. The van der Waals surface area contributed by atoms with Gasteiger partial charge in [0.2, 0.25) is 0 Å². The van der Waals surface area contributed by atoms with Crippen molar-refractivity contribution in [1.82, 2.24) is 0 Å². The summed E-state index contributed by atoms with van der Waals surface area (Å²) in [7, 11) is 0. The molecule has 0 unspecified atom stereocenters. The zero-order valence-electron chi connectivity index (χ0n) is 11.8. The van der Waals surface area contributed by atoms with Gasteiger partial charge in [0.05, 0.1) is 0 Å². The van der Waals surface area contributed by atoms with Crippen LogP contribution in [0.3, 0.4) is 0 Å². The smallest absolute Gasteiger partial charge is 0.319 e. The minimum atomic E-state index is -0.765. The van der Waals surface area contributed by atoms with Crippen molar-refractivity contribution >= 4 is 17.7 Å². The number of carbonyl (C=O) groups is 1. The number of carboxylic acids is 1.